The molecule has 0 atom stereocenters. The van der Waals surface area contributed by atoms with Crippen molar-refractivity contribution in [3.05, 3.63) is 35.4 Å². The van der Waals surface area contributed by atoms with E-state index < -0.39 is 5.41 Å². The molecule has 0 radical (unpaired) electrons. The Balaban J connectivity index is 0.00000264. The molecule has 0 saturated carbocycles. The lowest BCUT2D eigenvalue weighted by Gasteiger charge is -2.37. The van der Waals surface area contributed by atoms with E-state index in [2.05, 4.69) is 38.1 Å². The molecule has 0 spiro atoms. The summed E-state index contributed by atoms with van der Waals surface area (Å²) >= 11 is 0. The van der Waals surface area contributed by atoms with Gasteiger partial charge < -0.3 is 15.4 Å². The van der Waals surface area contributed by atoms with Crippen molar-refractivity contribution in [3.63, 3.8) is 0 Å². The van der Waals surface area contributed by atoms with Crippen molar-refractivity contribution in [2.45, 2.75) is 39.2 Å². The van der Waals surface area contributed by atoms with Gasteiger partial charge in [0.25, 0.3) is 0 Å². The highest BCUT2D eigenvalue weighted by molar-refractivity contribution is 5.85. The van der Waals surface area contributed by atoms with Gasteiger partial charge in [0.1, 0.15) is 0 Å². The number of carbonyl (C=O) groups is 1. The first-order chi connectivity index (χ1) is 10.5. The molecule has 1 fully saturated rings. The van der Waals surface area contributed by atoms with Gasteiger partial charge in [-0.25, -0.2) is 0 Å². The monoisotopic (exact) mass is 340 g/mol. The van der Waals surface area contributed by atoms with Crippen molar-refractivity contribution in [2.24, 2.45) is 11.1 Å². The smallest absolute Gasteiger partial charge is 0.230 e. The molecule has 1 amide bonds. The summed E-state index contributed by atoms with van der Waals surface area (Å²) in [6, 6.07) is 8.51. The second-order valence-electron chi connectivity index (χ2n) is 6.65. The van der Waals surface area contributed by atoms with Gasteiger partial charge in [-0.2, -0.15) is 0 Å². The maximum atomic E-state index is 12.8. The van der Waals surface area contributed by atoms with Crippen molar-refractivity contribution < 1.29 is 9.53 Å². The Morgan fingerprint density at radius 3 is 2.30 bits per heavy atom. The van der Waals surface area contributed by atoms with Crippen molar-refractivity contribution in [2.75, 3.05) is 26.8 Å². The fourth-order valence-electron chi connectivity index (χ4n) is 3.03. The second kappa shape index (κ2) is 8.67. The molecule has 23 heavy (non-hydrogen) atoms. The Hall–Kier alpha value is -1.10. The minimum absolute atomic E-state index is 0. The molecule has 0 aromatic heterocycles. The molecule has 0 unspecified atom stereocenters. The van der Waals surface area contributed by atoms with Gasteiger partial charge in [0.05, 0.1) is 5.41 Å². The Kier molecular flexibility index (Phi) is 7.52. The summed E-state index contributed by atoms with van der Waals surface area (Å²) in [5, 5.41) is 0. The summed E-state index contributed by atoms with van der Waals surface area (Å²) in [7, 11) is 1.87. The van der Waals surface area contributed by atoms with E-state index in [0.717, 1.165) is 18.4 Å². The molecular weight excluding hydrogens is 312 g/mol. The van der Waals surface area contributed by atoms with Gasteiger partial charge in [0.2, 0.25) is 5.91 Å². The summed E-state index contributed by atoms with van der Waals surface area (Å²) < 4.78 is 5.38. The Morgan fingerprint density at radius 1 is 1.26 bits per heavy atom. The van der Waals surface area contributed by atoms with Crippen LogP contribution in [0.4, 0.5) is 0 Å². The first kappa shape index (κ1) is 19.9. The number of nitrogens with two attached hydrogens (primary N) is 1. The third-order valence-corrected chi connectivity index (χ3v) is 4.71. The third-order valence-electron chi connectivity index (χ3n) is 4.71. The summed E-state index contributed by atoms with van der Waals surface area (Å²) in [5.41, 5.74) is 7.95. The average Bonchev–Trinajstić information content (AvgIpc) is 2.55. The SMILES string of the molecule is CC(C)c1ccc(CN(C)C(=O)C2(CN)CCOCC2)cc1.Cl. The molecule has 0 bridgehead atoms. The van der Waals surface area contributed by atoms with Gasteiger partial charge in [-0.3, -0.25) is 4.79 Å². The zero-order valence-electron chi connectivity index (χ0n) is 14.4. The topological polar surface area (TPSA) is 55.6 Å². The van der Waals surface area contributed by atoms with Crippen LogP contribution < -0.4 is 5.73 Å². The lowest BCUT2D eigenvalue weighted by atomic mass is 9.79. The molecule has 2 rings (SSSR count). The van der Waals surface area contributed by atoms with Crippen LogP contribution in [-0.4, -0.2) is 37.6 Å². The number of benzene rings is 1. The molecular formula is C18H29ClN2O2. The molecule has 130 valence electrons. The highest BCUT2D eigenvalue weighted by Gasteiger charge is 2.40. The number of hydrogen-bond acceptors (Lipinski definition) is 3. The van der Waals surface area contributed by atoms with Gasteiger partial charge >= 0.3 is 0 Å². The van der Waals surface area contributed by atoms with Gasteiger partial charge in [0, 0.05) is 33.4 Å². The van der Waals surface area contributed by atoms with E-state index in [0.29, 0.717) is 32.2 Å². The number of nitrogens with zero attached hydrogens (tertiary/aromatic N) is 1. The molecule has 1 aliphatic heterocycles. The zero-order valence-corrected chi connectivity index (χ0v) is 15.2. The molecule has 2 N–H and O–H groups in total. The number of halogens is 1. The first-order valence-electron chi connectivity index (χ1n) is 8.11. The Labute approximate surface area is 145 Å². The third kappa shape index (κ3) is 4.69. The van der Waals surface area contributed by atoms with Crippen LogP contribution in [0.1, 0.15) is 43.7 Å². The zero-order chi connectivity index (χ0) is 16.2. The van der Waals surface area contributed by atoms with Crippen LogP contribution in [-0.2, 0) is 16.1 Å². The summed E-state index contributed by atoms with van der Waals surface area (Å²) in [4.78, 5) is 14.6. The molecule has 5 heteroatoms. The molecule has 1 saturated heterocycles. The molecule has 1 aromatic carbocycles. The van der Waals surface area contributed by atoms with Crippen LogP contribution in [0.25, 0.3) is 0 Å². The van der Waals surface area contributed by atoms with Crippen molar-refractivity contribution >= 4 is 18.3 Å². The van der Waals surface area contributed by atoms with Crippen LogP contribution in [0.2, 0.25) is 0 Å². The summed E-state index contributed by atoms with van der Waals surface area (Å²) in [6.45, 7) is 6.63. The van der Waals surface area contributed by atoms with E-state index in [1.807, 2.05) is 11.9 Å². The van der Waals surface area contributed by atoms with Gasteiger partial charge in [-0.15, -0.1) is 12.4 Å². The predicted octanol–water partition coefficient (Wildman–Crippen LogP) is 2.95. The van der Waals surface area contributed by atoms with Crippen LogP contribution in [0.3, 0.4) is 0 Å². The minimum Gasteiger partial charge on any atom is -0.381 e. The van der Waals surface area contributed by atoms with E-state index in [-0.39, 0.29) is 18.3 Å². The summed E-state index contributed by atoms with van der Waals surface area (Å²) in [5.74, 6) is 0.669. The van der Waals surface area contributed by atoms with Gasteiger partial charge in [-0.05, 0) is 29.9 Å². The van der Waals surface area contributed by atoms with Crippen LogP contribution in [0.5, 0.6) is 0 Å². The van der Waals surface area contributed by atoms with Crippen molar-refractivity contribution in [3.8, 4) is 0 Å². The van der Waals surface area contributed by atoms with Crippen LogP contribution >= 0.6 is 12.4 Å². The van der Waals surface area contributed by atoms with E-state index in [9.17, 15) is 4.79 Å². The number of carbonyl (C=O) groups excluding carboxylic acids is 1. The quantitative estimate of drug-likeness (QED) is 0.896. The largest absolute Gasteiger partial charge is 0.381 e. The number of hydrogen-bond donors (Lipinski definition) is 1. The number of ether oxygens (including phenoxy) is 1. The minimum atomic E-state index is -0.440. The maximum absolute atomic E-state index is 12.8. The standard InChI is InChI=1S/C18H28N2O2.ClH/c1-14(2)16-6-4-15(5-7-16)12-20(3)17(21)18(13-19)8-10-22-11-9-18;/h4-7,14H,8-13,19H2,1-3H3;1H. The van der Waals surface area contributed by atoms with E-state index >= 15 is 0 Å². The van der Waals surface area contributed by atoms with Crippen LogP contribution in [0, 0.1) is 5.41 Å². The maximum Gasteiger partial charge on any atom is 0.230 e. The fraction of sp³-hybridized carbons (Fsp3) is 0.611. The second-order valence-corrected chi connectivity index (χ2v) is 6.65. The number of amides is 1. The summed E-state index contributed by atoms with van der Waals surface area (Å²) in [6.07, 6.45) is 1.44. The molecule has 0 aliphatic carbocycles. The van der Waals surface area contributed by atoms with E-state index in [1.165, 1.54) is 5.56 Å². The fourth-order valence-corrected chi connectivity index (χ4v) is 3.03. The normalized spacial score (nSPS) is 16.7. The molecule has 1 aromatic rings. The Bertz CT molecular complexity index is 496. The average molecular weight is 341 g/mol. The van der Waals surface area contributed by atoms with Gasteiger partial charge in [0.15, 0.2) is 0 Å². The number of rotatable bonds is 5. The van der Waals surface area contributed by atoms with Gasteiger partial charge in [-0.1, -0.05) is 38.1 Å². The molecule has 1 aliphatic rings. The van der Waals surface area contributed by atoms with E-state index in [4.69, 9.17) is 10.5 Å². The lowest BCUT2D eigenvalue weighted by molar-refractivity contribution is -0.146. The molecule has 1 heterocycles. The Morgan fingerprint density at radius 2 is 1.83 bits per heavy atom. The van der Waals surface area contributed by atoms with Crippen LogP contribution in [0.15, 0.2) is 24.3 Å². The highest BCUT2D eigenvalue weighted by Crippen LogP contribution is 2.31. The van der Waals surface area contributed by atoms with Crippen molar-refractivity contribution in [1.82, 2.24) is 4.90 Å². The first-order valence-corrected chi connectivity index (χ1v) is 8.11. The molecule has 4 nitrogen and oxygen atoms in total. The predicted molar refractivity (Wildman–Crippen MR) is 95.8 cm³/mol. The lowest BCUT2D eigenvalue weighted by Crippen LogP contribution is -2.49. The van der Waals surface area contributed by atoms with E-state index in [1.54, 1.807) is 0 Å². The van der Waals surface area contributed by atoms with Crippen molar-refractivity contribution in [1.29, 1.82) is 0 Å². The highest BCUT2D eigenvalue weighted by atomic mass is 35.5.